The number of carbonyl (C=O) groups excluding carboxylic acids is 1. The van der Waals surface area contributed by atoms with E-state index in [-0.39, 0.29) is 11.4 Å². The number of para-hydroxylation sites is 2. The van der Waals surface area contributed by atoms with Crippen LogP contribution in [0.15, 0.2) is 53.7 Å². The molecule has 0 bridgehead atoms. The van der Waals surface area contributed by atoms with Gasteiger partial charge in [-0.05, 0) is 18.2 Å². The summed E-state index contributed by atoms with van der Waals surface area (Å²) in [5.74, 6) is 0.640. The molecular formula is C17H18N2O4. The van der Waals surface area contributed by atoms with Gasteiger partial charge in [-0.15, -0.1) is 0 Å². The SMILES string of the molecule is COc1ccccc1CC(N)=NOC(=O)c1ccccc1OC. The van der Waals surface area contributed by atoms with E-state index >= 15 is 0 Å². The van der Waals surface area contributed by atoms with E-state index < -0.39 is 5.97 Å². The van der Waals surface area contributed by atoms with Crippen LogP contribution in [0.4, 0.5) is 0 Å². The van der Waals surface area contributed by atoms with Crippen molar-refractivity contribution in [1.29, 1.82) is 0 Å². The summed E-state index contributed by atoms with van der Waals surface area (Å²) in [5, 5.41) is 3.68. The zero-order valence-electron chi connectivity index (χ0n) is 13.0. The van der Waals surface area contributed by atoms with Crippen LogP contribution in [0.1, 0.15) is 15.9 Å². The Bertz CT molecular complexity index is 713. The number of rotatable bonds is 6. The molecule has 0 aromatic heterocycles. The Labute approximate surface area is 134 Å². The molecule has 2 aromatic carbocycles. The second-order valence-corrected chi connectivity index (χ2v) is 4.65. The molecule has 0 amide bonds. The van der Waals surface area contributed by atoms with Crippen LogP contribution in [0.25, 0.3) is 0 Å². The molecular weight excluding hydrogens is 296 g/mol. The minimum Gasteiger partial charge on any atom is -0.496 e. The van der Waals surface area contributed by atoms with Crippen molar-refractivity contribution in [2.75, 3.05) is 14.2 Å². The molecule has 0 aliphatic heterocycles. The average molecular weight is 314 g/mol. The minimum atomic E-state index is -0.634. The summed E-state index contributed by atoms with van der Waals surface area (Å²) in [7, 11) is 3.05. The number of benzene rings is 2. The Balaban J connectivity index is 2.06. The number of amidine groups is 1. The maximum atomic E-state index is 12.0. The fourth-order valence-electron chi connectivity index (χ4n) is 2.04. The highest BCUT2D eigenvalue weighted by Crippen LogP contribution is 2.19. The van der Waals surface area contributed by atoms with Crippen LogP contribution >= 0.6 is 0 Å². The molecule has 0 heterocycles. The van der Waals surface area contributed by atoms with E-state index in [1.54, 1.807) is 31.4 Å². The monoisotopic (exact) mass is 314 g/mol. The van der Waals surface area contributed by atoms with Crippen LogP contribution in [0, 0.1) is 0 Å². The largest absolute Gasteiger partial charge is 0.496 e. The first-order valence-corrected chi connectivity index (χ1v) is 6.94. The number of hydrogen-bond acceptors (Lipinski definition) is 5. The summed E-state index contributed by atoms with van der Waals surface area (Å²) in [6.45, 7) is 0. The van der Waals surface area contributed by atoms with E-state index in [2.05, 4.69) is 5.16 Å². The zero-order valence-corrected chi connectivity index (χ0v) is 13.0. The maximum absolute atomic E-state index is 12.0. The maximum Gasteiger partial charge on any atom is 0.369 e. The lowest BCUT2D eigenvalue weighted by Gasteiger charge is -2.08. The van der Waals surface area contributed by atoms with Gasteiger partial charge in [-0.25, -0.2) is 4.79 Å². The van der Waals surface area contributed by atoms with E-state index in [9.17, 15) is 4.79 Å². The van der Waals surface area contributed by atoms with Gasteiger partial charge in [-0.3, -0.25) is 0 Å². The molecule has 0 aliphatic rings. The summed E-state index contributed by atoms with van der Waals surface area (Å²) in [6.07, 6.45) is 0.309. The van der Waals surface area contributed by atoms with Gasteiger partial charge in [0.05, 0.1) is 14.2 Å². The summed E-state index contributed by atoms with van der Waals surface area (Å²) < 4.78 is 10.3. The standard InChI is InChI=1S/C17H18N2O4/c1-21-14-9-5-3-7-12(14)11-16(18)19-23-17(20)13-8-4-6-10-15(13)22-2/h3-10H,11H2,1-2H3,(H2,18,19). The minimum absolute atomic E-state index is 0.165. The third kappa shape index (κ3) is 4.23. The Morgan fingerprint density at radius 2 is 1.61 bits per heavy atom. The second-order valence-electron chi connectivity index (χ2n) is 4.65. The van der Waals surface area contributed by atoms with Crippen LogP contribution < -0.4 is 15.2 Å². The number of methoxy groups -OCH3 is 2. The molecule has 0 unspecified atom stereocenters. The lowest BCUT2D eigenvalue weighted by atomic mass is 10.1. The first-order valence-electron chi connectivity index (χ1n) is 6.94. The van der Waals surface area contributed by atoms with Gasteiger partial charge in [-0.1, -0.05) is 35.5 Å². The lowest BCUT2D eigenvalue weighted by molar-refractivity contribution is 0.0511. The van der Waals surface area contributed by atoms with Crippen molar-refractivity contribution in [3.05, 3.63) is 59.7 Å². The molecule has 120 valence electrons. The van der Waals surface area contributed by atoms with E-state index in [4.69, 9.17) is 20.0 Å². The number of nitrogens with zero attached hydrogens (tertiary/aromatic N) is 1. The van der Waals surface area contributed by atoms with E-state index in [0.29, 0.717) is 17.9 Å². The quantitative estimate of drug-likeness (QED) is 0.383. The van der Waals surface area contributed by atoms with Crippen LogP contribution in [0.2, 0.25) is 0 Å². The predicted molar refractivity (Wildman–Crippen MR) is 86.7 cm³/mol. The van der Waals surface area contributed by atoms with E-state index in [1.165, 1.54) is 7.11 Å². The fourth-order valence-corrected chi connectivity index (χ4v) is 2.04. The summed E-state index contributed by atoms with van der Waals surface area (Å²) >= 11 is 0. The molecule has 0 atom stereocenters. The molecule has 0 saturated heterocycles. The van der Waals surface area contributed by atoms with Crippen LogP contribution in [0.5, 0.6) is 11.5 Å². The van der Waals surface area contributed by atoms with Gasteiger partial charge >= 0.3 is 5.97 Å². The first-order chi connectivity index (χ1) is 11.2. The molecule has 0 spiro atoms. The van der Waals surface area contributed by atoms with Crippen LogP contribution in [-0.4, -0.2) is 26.0 Å². The predicted octanol–water partition coefficient (Wildman–Crippen LogP) is 2.38. The Morgan fingerprint density at radius 3 is 2.30 bits per heavy atom. The Hall–Kier alpha value is -3.02. The molecule has 23 heavy (non-hydrogen) atoms. The smallest absolute Gasteiger partial charge is 0.369 e. The van der Waals surface area contributed by atoms with Gasteiger partial charge in [0, 0.05) is 12.0 Å². The van der Waals surface area contributed by atoms with Crippen molar-refractivity contribution in [1.82, 2.24) is 0 Å². The number of carbonyl (C=O) groups is 1. The van der Waals surface area contributed by atoms with Gasteiger partial charge in [-0.2, -0.15) is 0 Å². The number of nitrogens with two attached hydrogens (primary N) is 1. The second kappa shape index (κ2) is 7.84. The fraction of sp³-hybridized carbons (Fsp3) is 0.176. The molecule has 0 radical (unpaired) electrons. The topological polar surface area (TPSA) is 83.1 Å². The van der Waals surface area contributed by atoms with Crippen molar-refractivity contribution in [2.45, 2.75) is 6.42 Å². The molecule has 2 N–H and O–H groups in total. The van der Waals surface area contributed by atoms with Crippen molar-refractivity contribution in [2.24, 2.45) is 10.9 Å². The van der Waals surface area contributed by atoms with Crippen LogP contribution in [0.3, 0.4) is 0 Å². The van der Waals surface area contributed by atoms with E-state index in [0.717, 1.165) is 5.56 Å². The van der Waals surface area contributed by atoms with Gasteiger partial charge in [0.25, 0.3) is 0 Å². The summed E-state index contributed by atoms with van der Waals surface area (Å²) in [5.41, 5.74) is 6.95. The molecule has 2 rings (SSSR count). The first kappa shape index (κ1) is 16.4. The lowest BCUT2D eigenvalue weighted by Crippen LogP contribution is -2.17. The molecule has 0 aliphatic carbocycles. The third-order valence-corrected chi connectivity index (χ3v) is 3.14. The molecule has 6 nitrogen and oxygen atoms in total. The number of oxime groups is 1. The van der Waals surface area contributed by atoms with Gasteiger partial charge in [0.2, 0.25) is 0 Å². The highest BCUT2D eigenvalue weighted by Gasteiger charge is 2.13. The molecule has 0 fully saturated rings. The third-order valence-electron chi connectivity index (χ3n) is 3.14. The Kier molecular flexibility index (Phi) is 5.57. The summed E-state index contributed by atoms with van der Waals surface area (Å²) in [6, 6.07) is 14.1. The van der Waals surface area contributed by atoms with Gasteiger partial charge in [0.1, 0.15) is 22.9 Å². The van der Waals surface area contributed by atoms with Gasteiger partial charge in [0.15, 0.2) is 0 Å². The highest BCUT2D eigenvalue weighted by atomic mass is 16.7. The van der Waals surface area contributed by atoms with Crippen molar-refractivity contribution in [3.8, 4) is 11.5 Å². The Morgan fingerprint density at radius 1 is 1.00 bits per heavy atom. The van der Waals surface area contributed by atoms with Crippen molar-refractivity contribution in [3.63, 3.8) is 0 Å². The zero-order chi connectivity index (χ0) is 16.7. The normalized spacial score (nSPS) is 11.0. The van der Waals surface area contributed by atoms with Crippen LogP contribution in [-0.2, 0) is 11.3 Å². The van der Waals surface area contributed by atoms with Crippen molar-refractivity contribution >= 4 is 11.8 Å². The summed E-state index contributed by atoms with van der Waals surface area (Å²) in [4.78, 5) is 16.9. The average Bonchev–Trinajstić information content (AvgIpc) is 2.60. The number of hydrogen-bond donors (Lipinski definition) is 1. The van der Waals surface area contributed by atoms with Gasteiger partial charge < -0.3 is 20.0 Å². The molecule has 2 aromatic rings. The molecule has 6 heteroatoms. The highest BCUT2D eigenvalue weighted by molar-refractivity contribution is 5.93. The van der Waals surface area contributed by atoms with E-state index in [1.807, 2.05) is 24.3 Å². The number of ether oxygens (including phenoxy) is 2. The molecule has 0 saturated carbocycles. The van der Waals surface area contributed by atoms with Crippen molar-refractivity contribution < 1.29 is 19.1 Å².